The van der Waals surface area contributed by atoms with Gasteiger partial charge in [-0.05, 0) is 60.8 Å². The van der Waals surface area contributed by atoms with Gasteiger partial charge in [0.2, 0.25) is 0 Å². The molecule has 1 N–H and O–H groups in total. The highest BCUT2D eigenvalue weighted by molar-refractivity contribution is 5.94. The topological polar surface area (TPSA) is 114 Å². The maximum absolute atomic E-state index is 13.0. The first-order valence-electron chi connectivity index (χ1n) is 13.0. The minimum atomic E-state index is -0.417. The summed E-state index contributed by atoms with van der Waals surface area (Å²) in [6.07, 6.45) is 14.4. The maximum atomic E-state index is 13.0. The highest BCUT2D eigenvalue weighted by atomic mass is 16.5. The number of allylic oxidation sites excluding steroid dienone is 1. The molecule has 2 aliphatic rings. The number of hydrogen-bond donors (Lipinski definition) is 1. The molecule has 3 aromatic rings. The van der Waals surface area contributed by atoms with Gasteiger partial charge < -0.3 is 10.1 Å². The molecule has 8 nitrogen and oxygen atoms in total. The second-order valence-electron chi connectivity index (χ2n) is 9.53. The van der Waals surface area contributed by atoms with Crippen molar-refractivity contribution in [1.29, 1.82) is 5.26 Å². The van der Waals surface area contributed by atoms with Crippen LogP contribution < -0.4 is 15.9 Å². The van der Waals surface area contributed by atoms with Crippen molar-refractivity contribution in [1.82, 2.24) is 25.3 Å². The van der Waals surface area contributed by atoms with Crippen LogP contribution in [-0.4, -0.2) is 39.0 Å². The van der Waals surface area contributed by atoms with Crippen molar-refractivity contribution in [2.75, 3.05) is 13.2 Å². The molecule has 1 amide bonds. The Morgan fingerprint density at radius 3 is 2.84 bits per heavy atom. The maximum Gasteiger partial charge on any atom is 0.253 e. The third kappa shape index (κ3) is 5.68. The summed E-state index contributed by atoms with van der Waals surface area (Å²) in [5.74, 6) is -0.140. The van der Waals surface area contributed by atoms with Crippen molar-refractivity contribution in [3.63, 3.8) is 0 Å². The third-order valence-electron chi connectivity index (χ3n) is 6.74. The average molecular weight is 507 g/mol. The molecule has 192 valence electrons. The fourth-order valence-corrected chi connectivity index (χ4v) is 4.50. The van der Waals surface area contributed by atoms with Crippen LogP contribution in [0.3, 0.4) is 0 Å². The largest absolute Gasteiger partial charge is 0.373 e. The molecule has 8 heteroatoms. The Kier molecular flexibility index (Phi) is 7.66. The lowest BCUT2D eigenvalue weighted by atomic mass is 9.96. The van der Waals surface area contributed by atoms with Crippen molar-refractivity contribution in [2.45, 2.75) is 51.6 Å². The summed E-state index contributed by atoms with van der Waals surface area (Å²) in [7, 11) is 0. The first kappa shape index (κ1) is 25.4. The summed E-state index contributed by atoms with van der Waals surface area (Å²) in [6.45, 7) is 5.04. The van der Waals surface area contributed by atoms with Crippen LogP contribution in [0.1, 0.15) is 72.3 Å². The quantitative estimate of drug-likeness (QED) is 0.523. The van der Waals surface area contributed by atoms with E-state index in [4.69, 9.17) is 14.7 Å². The molecular weight excluding hydrogens is 476 g/mol. The number of amides is 1. The predicted molar refractivity (Wildman–Crippen MR) is 144 cm³/mol. The van der Waals surface area contributed by atoms with Crippen LogP contribution in [0.4, 0.5) is 0 Å². The van der Waals surface area contributed by atoms with Gasteiger partial charge in [-0.1, -0.05) is 25.1 Å². The minimum absolute atomic E-state index is 0.241. The van der Waals surface area contributed by atoms with Gasteiger partial charge in [-0.2, -0.15) is 5.26 Å². The normalized spacial score (nSPS) is 18.1. The van der Waals surface area contributed by atoms with Gasteiger partial charge in [0.05, 0.1) is 59.4 Å². The Morgan fingerprint density at radius 2 is 2.08 bits per heavy atom. The molecule has 38 heavy (non-hydrogen) atoms. The molecule has 1 aliphatic heterocycles. The molecule has 1 aliphatic carbocycles. The molecule has 0 spiro atoms. The Balaban J connectivity index is 1.38. The van der Waals surface area contributed by atoms with E-state index < -0.39 is 5.92 Å². The number of carbonyl (C=O) groups excluding carboxylic acids is 1. The first-order chi connectivity index (χ1) is 18.6. The van der Waals surface area contributed by atoms with Gasteiger partial charge >= 0.3 is 0 Å². The summed E-state index contributed by atoms with van der Waals surface area (Å²) in [4.78, 5) is 31.5. The highest BCUT2D eigenvalue weighted by Gasteiger charge is 2.26. The van der Waals surface area contributed by atoms with Crippen LogP contribution in [-0.2, 0) is 11.3 Å². The molecule has 0 radical (unpaired) electrons. The Labute approximate surface area is 221 Å². The summed E-state index contributed by atoms with van der Waals surface area (Å²) < 4.78 is 5.42. The summed E-state index contributed by atoms with van der Waals surface area (Å²) in [5, 5.41) is 14.2. The molecule has 0 aromatic carbocycles. The number of nitriles is 1. The van der Waals surface area contributed by atoms with Crippen LogP contribution in [0.15, 0.2) is 48.4 Å². The van der Waals surface area contributed by atoms with Gasteiger partial charge in [0.25, 0.3) is 5.91 Å². The standard InChI is InChI=1S/C30H30N6O2/c1-3-5-19(13-34-30(37)22-11-24-23(12-31)17-38-18-29(24)33-14-22)10-26-20(4-2)8-9-25(35-26)28-16-32-15-27(36-28)21-6-7-21/h4-5,8-11,14-16,21,23H,3,6-7,13,17-18H2,1-2H3,(H,34,37)/b19-5-,20-4-,26-10+. The van der Waals surface area contributed by atoms with Crippen molar-refractivity contribution in [2.24, 2.45) is 0 Å². The molecule has 1 unspecified atom stereocenters. The Bertz CT molecular complexity index is 1550. The van der Waals surface area contributed by atoms with Gasteiger partial charge in [0.15, 0.2) is 0 Å². The number of carbonyl (C=O) groups is 1. The number of pyridine rings is 2. The monoisotopic (exact) mass is 506 g/mol. The molecule has 5 rings (SSSR count). The van der Waals surface area contributed by atoms with Crippen LogP contribution in [0.25, 0.3) is 23.5 Å². The van der Waals surface area contributed by atoms with E-state index in [1.165, 1.54) is 19.0 Å². The number of nitrogens with one attached hydrogen (secondary N) is 1. The lowest BCUT2D eigenvalue weighted by Gasteiger charge is -2.20. The number of fused-ring (bicyclic) bond motifs is 1. The molecular formula is C30H30N6O2. The van der Waals surface area contributed by atoms with Crippen molar-refractivity contribution < 1.29 is 9.53 Å². The number of hydrogen-bond acceptors (Lipinski definition) is 7. The van der Waals surface area contributed by atoms with Gasteiger partial charge in [0.1, 0.15) is 5.69 Å². The second-order valence-corrected chi connectivity index (χ2v) is 9.53. The molecule has 1 atom stereocenters. The van der Waals surface area contributed by atoms with Crippen molar-refractivity contribution >= 4 is 18.1 Å². The van der Waals surface area contributed by atoms with E-state index in [-0.39, 0.29) is 5.91 Å². The average Bonchev–Trinajstić information content (AvgIpc) is 3.81. The third-order valence-corrected chi connectivity index (χ3v) is 6.74. The van der Waals surface area contributed by atoms with E-state index in [2.05, 4.69) is 34.4 Å². The van der Waals surface area contributed by atoms with E-state index in [1.807, 2.05) is 37.4 Å². The lowest BCUT2D eigenvalue weighted by Crippen LogP contribution is -2.30. The molecule has 4 heterocycles. The molecule has 1 fully saturated rings. The Hall–Kier alpha value is -4.22. The van der Waals surface area contributed by atoms with E-state index >= 15 is 0 Å². The van der Waals surface area contributed by atoms with Crippen molar-refractivity contribution in [3.8, 4) is 17.5 Å². The molecule has 0 bridgehead atoms. The number of nitrogens with zero attached hydrogens (tertiary/aromatic N) is 5. The van der Waals surface area contributed by atoms with Gasteiger partial charge in [-0.3, -0.25) is 14.8 Å². The molecule has 3 aromatic heterocycles. The zero-order valence-electron chi connectivity index (χ0n) is 21.6. The lowest BCUT2D eigenvalue weighted by molar-refractivity contribution is 0.0945. The minimum Gasteiger partial charge on any atom is -0.373 e. The van der Waals surface area contributed by atoms with E-state index in [0.29, 0.717) is 36.9 Å². The van der Waals surface area contributed by atoms with Crippen LogP contribution in [0.2, 0.25) is 0 Å². The smallest absolute Gasteiger partial charge is 0.253 e. The summed E-state index contributed by atoms with van der Waals surface area (Å²) in [5.41, 5.74) is 5.41. The zero-order valence-corrected chi connectivity index (χ0v) is 21.6. The van der Waals surface area contributed by atoms with Crippen LogP contribution in [0, 0.1) is 11.3 Å². The first-order valence-corrected chi connectivity index (χ1v) is 13.0. The van der Waals surface area contributed by atoms with Crippen LogP contribution >= 0.6 is 0 Å². The number of ether oxygens (including phenoxy) is 1. The molecule has 0 saturated heterocycles. The van der Waals surface area contributed by atoms with E-state index in [9.17, 15) is 10.1 Å². The van der Waals surface area contributed by atoms with Crippen LogP contribution in [0.5, 0.6) is 0 Å². The predicted octanol–water partition coefficient (Wildman–Crippen LogP) is 3.30. The number of aromatic nitrogens is 4. The zero-order chi connectivity index (χ0) is 26.5. The summed E-state index contributed by atoms with van der Waals surface area (Å²) in [6, 6.07) is 8.00. The van der Waals surface area contributed by atoms with Gasteiger partial charge in [0, 0.05) is 24.9 Å². The fourth-order valence-electron chi connectivity index (χ4n) is 4.50. The summed E-state index contributed by atoms with van der Waals surface area (Å²) >= 11 is 0. The molecule has 1 saturated carbocycles. The number of rotatable bonds is 7. The Morgan fingerprint density at radius 1 is 1.21 bits per heavy atom. The SMILES string of the molecule is C/C=c1/ccc(-c2cncc(C3CC3)n2)n/c1=C/C(=C/CC)CNC(=O)c1cnc2c(c1)C(C#N)COC2. The highest BCUT2D eigenvalue weighted by Crippen LogP contribution is 2.39. The van der Waals surface area contributed by atoms with Gasteiger partial charge in [-0.15, -0.1) is 0 Å². The van der Waals surface area contributed by atoms with E-state index in [0.717, 1.165) is 45.2 Å². The van der Waals surface area contributed by atoms with Crippen molar-refractivity contribution in [3.05, 3.63) is 81.5 Å². The fraction of sp³-hybridized carbons (Fsp3) is 0.333. The second kappa shape index (κ2) is 11.4. The van der Waals surface area contributed by atoms with E-state index in [1.54, 1.807) is 12.3 Å². The van der Waals surface area contributed by atoms with Gasteiger partial charge in [-0.25, -0.2) is 9.97 Å².